The highest BCUT2D eigenvalue weighted by molar-refractivity contribution is 5.87. The second kappa shape index (κ2) is 5.34. The first kappa shape index (κ1) is 18.0. The molecular formula is C25H32. The molecule has 1 aliphatic carbocycles. The van der Waals surface area contributed by atoms with E-state index in [0.717, 1.165) is 0 Å². The Balaban J connectivity index is 2.33. The van der Waals surface area contributed by atoms with Crippen molar-refractivity contribution in [3.63, 3.8) is 0 Å². The number of rotatable bonds is 1. The molecule has 0 saturated heterocycles. The van der Waals surface area contributed by atoms with Crippen LogP contribution in [0.4, 0.5) is 0 Å². The van der Waals surface area contributed by atoms with Crippen LogP contribution < -0.4 is 0 Å². The van der Waals surface area contributed by atoms with Crippen molar-refractivity contribution < 1.29 is 0 Å². The molecule has 0 fully saturated rings. The molecule has 0 spiro atoms. The summed E-state index contributed by atoms with van der Waals surface area (Å²) in [7, 11) is 0. The Morgan fingerprint density at radius 1 is 0.800 bits per heavy atom. The molecular weight excluding hydrogens is 300 g/mol. The number of benzene rings is 2. The zero-order chi connectivity index (χ0) is 18.8. The van der Waals surface area contributed by atoms with Crippen LogP contribution in [0.25, 0.3) is 17.2 Å². The second-order valence-electron chi connectivity index (χ2n) is 10.1. The highest BCUT2D eigenvalue weighted by Gasteiger charge is 2.38. The highest BCUT2D eigenvalue weighted by Crippen LogP contribution is 2.52. The van der Waals surface area contributed by atoms with Crippen LogP contribution >= 0.6 is 0 Å². The van der Waals surface area contributed by atoms with E-state index in [2.05, 4.69) is 92.3 Å². The molecule has 0 radical (unpaired) electrons. The zero-order valence-corrected chi connectivity index (χ0v) is 17.2. The van der Waals surface area contributed by atoms with Gasteiger partial charge in [0, 0.05) is 5.41 Å². The molecule has 0 heterocycles. The van der Waals surface area contributed by atoms with E-state index >= 15 is 0 Å². The molecule has 0 unspecified atom stereocenters. The topological polar surface area (TPSA) is 0 Å². The average molecular weight is 333 g/mol. The maximum atomic E-state index is 4.11. The van der Waals surface area contributed by atoms with E-state index in [1.165, 1.54) is 38.9 Å². The number of hydrogen-bond acceptors (Lipinski definition) is 0. The van der Waals surface area contributed by atoms with Gasteiger partial charge in [-0.15, -0.1) is 0 Å². The maximum absolute atomic E-state index is 4.11. The van der Waals surface area contributed by atoms with Crippen LogP contribution in [0.1, 0.15) is 83.2 Å². The van der Waals surface area contributed by atoms with Crippen LogP contribution in [0.2, 0.25) is 0 Å². The van der Waals surface area contributed by atoms with E-state index in [0.29, 0.717) is 0 Å². The maximum Gasteiger partial charge on any atom is 0.0159 e. The summed E-state index contributed by atoms with van der Waals surface area (Å²) in [4.78, 5) is 0. The molecule has 0 atom stereocenters. The molecule has 3 rings (SSSR count). The van der Waals surface area contributed by atoms with Crippen LogP contribution in [0, 0.1) is 0 Å². The highest BCUT2D eigenvalue weighted by atomic mass is 14.4. The lowest BCUT2D eigenvalue weighted by Crippen LogP contribution is -2.19. The van der Waals surface area contributed by atoms with Crippen LogP contribution in [0.5, 0.6) is 0 Å². The number of hydrogen-bond donors (Lipinski definition) is 0. The van der Waals surface area contributed by atoms with Gasteiger partial charge in [-0.2, -0.15) is 0 Å². The number of fused-ring (bicyclic) bond motifs is 3. The van der Waals surface area contributed by atoms with E-state index in [1.54, 1.807) is 0 Å². The van der Waals surface area contributed by atoms with Gasteiger partial charge < -0.3 is 0 Å². The average Bonchev–Trinajstić information content (AvgIpc) is 2.73. The van der Waals surface area contributed by atoms with E-state index in [4.69, 9.17) is 0 Å². The van der Waals surface area contributed by atoms with Crippen LogP contribution in [0.15, 0.2) is 36.9 Å². The summed E-state index contributed by atoms with van der Waals surface area (Å²) in [6.45, 7) is 22.6. The molecule has 1 aliphatic rings. The van der Waals surface area contributed by atoms with Crippen molar-refractivity contribution in [3.8, 4) is 11.1 Å². The Morgan fingerprint density at radius 2 is 1.36 bits per heavy atom. The van der Waals surface area contributed by atoms with E-state index in [-0.39, 0.29) is 16.2 Å². The Hall–Kier alpha value is -1.82. The normalized spacial score (nSPS) is 15.7. The quantitative estimate of drug-likeness (QED) is 0.516. The zero-order valence-electron chi connectivity index (χ0n) is 17.2. The van der Waals surface area contributed by atoms with Gasteiger partial charge >= 0.3 is 0 Å². The summed E-state index contributed by atoms with van der Waals surface area (Å²) in [6, 6.07) is 11.8. The molecule has 0 nitrogen and oxygen atoms in total. The van der Waals surface area contributed by atoms with Crippen molar-refractivity contribution in [3.05, 3.63) is 64.7 Å². The van der Waals surface area contributed by atoms with Crippen molar-refractivity contribution in [1.82, 2.24) is 0 Å². The predicted octanol–water partition coefficient (Wildman–Crippen LogP) is 7.23. The minimum Gasteiger partial charge on any atom is -0.0984 e. The van der Waals surface area contributed by atoms with Gasteiger partial charge in [-0.05, 0) is 49.8 Å². The monoisotopic (exact) mass is 332 g/mol. The summed E-state index contributed by atoms with van der Waals surface area (Å²) < 4.78 is 0. The Morgan fingerprint density at radius 3 is 1.88 bits per heavy atom. The van der Waals surface area contributed by atoms with E-state index in [1.807, 2.05) is 6.08 Å². The molecule has 2 aromatic rings. The van der Waals surface area contributed by atoms with Crippen molar-refractivity contribution in [2.45, 2.75) is 71.6 Å². The molecule has 25 heavy (non-hydrogen) atoms. The SMILES string of the molecule is C=Cc1cc(C(C)(C)C)cc2c1-c1ccc(C(C)(C)C)cc1C2(C)C. The molecule has 132 valence electrons. The first-order valence-electron chi connectivity index (χ1n) is 9.34. The van der Waals surface area contributed by atoms with Gasteiger partial charge in [0.2, 0.25) is 0 Å². The first-order valence-corrected chi connectivity index (χ1v) is 9.34. The molecule has 2 aromatic carbocycles. The van der Waals surface area contributed by atoms with Gasteiger partial charge in [0.1, 0.15) is 0 Å². The van der Waals surface area contributed by atoms with Gasteiger partial charge in [0.15, 0.2) is 0 Å². The summed E-state index contributed by atoms with van der Waals surface area (Å²) in [6.07, 6.45) is 2.02. The van der Waals surface area contributed by atoms with Gasteiger partial charge in [-0.25, -0.2) is 0 Å². The van der Waals surface area contributed by atoms with Gasteiger partial charge in [-0.3, -0.25) is 0 Å². The van der Waals surface area contributed by atoms with Gasteiger partial charge in [0.05, 0.1) is 0 Å². The van der Waals surface area contributed by atoms with Crippen LogP contribution in [0.3, 0.4) is 0 Å². The fraction of sp³-hybridized carbons (Fsp3) is 0.440. The third kappa shape index (κ3) is 2.76. The lowest BCUT2D eigenvalue weighted by molar-refractivity contribution is 0.580. The molecule has 0 saturated carbocycles. The lowest BCUT2D eigenvalue weighted by Gasteiger charge is -2.27. The molecule has 0 heteroatoms. The van der Waals surface area contributed by atoms with Gasteiger partial charge in [-0.1, -0.05) is 98.4 Å². The fourth-order valence-corrected chi connectivity index (χ4v) is 3.94. The first-order chi connectivity index (χ1) is 11.4. The third-order valence-electron chi connectivity index (χ3n) is 5.76. The van der Waals surface area contributed by atoms with Crippen molar-refractivity contribution in [2.24, 2.45) is 0 Å². The predicted molar refractivity (Wildman–Crippen MR) is 111 cm³/mol. The summed E-state index contributed by atoms with van der Waals surface area (Å²) >= 11 is 0. The van der Waals surface area contributed by atoms with Crippen LogP contribution in [-0.2, 0) is 16.2 Å². The third-order valence-corrected chi connectivity index (χ3v) is 5.76. The van der Waals surface area contributed by atoms with Crippen molar-refractivity contribution >= 4 is 6.08 Å². The summed E-state index contributed by atoms with van der Waals surface area (Å²) in [5, 5.41) is 0. The molecule has 0 bridgehead atoms. The Bertz CT molecular complexity index is 849. The molecule has 0 aliphatic heterocycles. The summed E-state index contributed by atoms with van der Waals surface area (Å²) in [5.41, 5.74) is 10.0. The Labute approximate surface area is 154 Å². The van der Waals surface area contributed by atoms with Crippen molar-refractivity contribution in [2.75, 3.05) is 0 Å². The van der Waals surface area contributed by atoms with E-state index in [9.17, 15) is 0 Å². The molecule has 0 amide bonds. The second-order valence-corrected chi connectivity index (χ2v) is 10.1. The molecule has 0 aromatic heterocycles. The van der Waals surface area contributed by atoms with Crippen molar-refractivity contribution in [1.29, 1.82) is 0 Å². The minimum absolute atomic E-state index is 0.0188. The van der Waals surface area contributed by atoms with Crippen LogP contribution in [-0.4, -0.2) is 0 Å². The fourth-order valence-electron chi connectivity index (χ4n) is 3.94. The van der Waals surface area contributed by atoms with Gasteiger partial charge in [0.25, 0.3) is 0 Å². The smallest absolute Gasteiger partial charge is 0.0159 e. The van der Waals surface area contributed by atoms with E-state index < -0.39 is 0 Å². The minimum atomic E-state index is 0.0188. The summed E-state index contributed by atoms with van der Waals surface area (Å²) in [5.74, 6) is 0. The lowest BCUT2D eigenvalue weighted by atomic mass is 9.77. The largest absolute Gasteiger partial charge is 0.0984 e. The molecule has 0 N–H and O–H groups in total. The Kier molecular flexibility index (Phi) is 3.84. The standard InChI is InChI=1S/C25H32/c1-10-16-13-18(24(5,6)7)15-21-22(16)19-12-11-17(23(2,3)4)14-20(19)25(21,8)9/h10-15H,1H2,2-9H3.